The molecule has 0 aromatic carbocycles. The molecule has 0 aromatic heterocycles. The van der Waals surface area contributed by atoms with Gasteiger partial charge in [-0.15, -0.1) is 0 Å². The van der Waals surface area contributed by atoms with Crippen LogP contribution in [0, 0.1) is 0 Å². The maximum Gasteiger partial charge on any atom is 0.0223 e. The first-order valence-electron chi connectivity index (χ1n) is 6.38. The Morgan fingerprint density at radius 2 is 2.00 bits per heavy atom. The maximum atomic E-state index is 3.51. The summed E-state index contributed by atoms with van der Waals surface area (Å²) in [5.41, 5.74) is 0. The smallest absolute Gasteiger partial charge is 0.0223 e. The summed E-state index contributed by atoms with van der Waals surface area (Å²) in [5, 5.41) is 3.51. The first-order valence-corrected chi connectivity index (χ1v) is 6.38. The highest BCUT2D eigenvalue weighted by Gasteiger charge is 2.26. The molecular formula is C12H25N3. The molecule has 0 aliphatic carbocycles. The second-order valence-corrected chi connectivity index (χ2v) is 5.22. The molecule has 0 saturated carbocycles. The molecule has 0 spiro atoms. The predicted octanol–water partition coefficient (Wildman–Crippen LogP) is 0.764. The lowest BCUT2D eigenvalue weighted by Gasteiger charge is -2.41. The van der Waals surface area contributed by atoms with Gasteiger partial charge in [0.15, 0.2) is 0 Å². The Labute approximate surface area is 93.8 Å². The van der Waals surface area contributed by atoms with Crippen LogP contribution in [0.4, 0.5) is 0 Å². The molecule has 2 saturated heterocycles. The molecule has 2 aliphatic heterocycles. The first-order chi connectivity index (χ1) is 7.27. The number of nitrogens with one attached hydrogen (secondary N) is 1. The van der Waals surface area contributed by atoms with E-state index in [1.54, 1.807) is 0 Å². The van der Waals surface area contributed by atoms with E-state index in [4.69, 9.17) is 0 Å². The number of nitrogens with zero attached hydrogens (tertiary/aromatic N) is 2. The van der Waals surface area contributed by atoms with Gasteiger partial charge >= 0.3 is 0 Å². The van der Waals surface area contributed by atoms with Crippen LogP contribution in [0.1, 0.15) is 25.7 Å². The van der Waals surface area contributed by atoms with Gasteiger partial charge in [0.1, 0.15) is 0 Å². The lowest BCUT2D eigenvalue weighted by Crippen LogP contribution is -2.53. The van der Waals surface area contributed by atoms with Crippen LogP contribution in [0.3, 0.4) is 0 Å². The highest BCUT2D eigenvalue weighted by atomic mass is 15.2. The van der Waals surface area contributed by atoms with E-state index in [0.29, 0.717) is 0 Å². The summed E-state index contributed by atoms with van der Waals surface area (Å²) in [6.45, 7) is 4.95. The summed E-state index contributed by atoms with van der Waals surface area (Å²) in [6, 6.07) is 1.56. The topological polar surface area (TPSA) is 18.5 Å². The largest absolute Gasteiger partial charge is 0.315 e. The van der Waals surface area contributed by atoms with Gasteiger partial charge in [-0.25, -0.2) is 0 Å². The average Bonchev–Trinajstić information content (AvgIpc) is 2.29. The Kier molecular flexibility index (Phi) is 4.00. The molecule has 0 radical (unpaired) electrons. The Bertz CT molecular complexity index is 189. The highest BCUT2D eigenvalue weighted by Crippen LogP contribution is 2.18. The summed E-state index contributed by atoms with van der Waals surface area (Å²) in [6.07, 6.45) is 5.48. The van der Waals surface area contributed by atoms with Crippen molar-refractivity contribution in [2.45, 2.75) is 37.8 Å². The van der Waals surface area contributed by atoms with Crippen molar-refractivity contribution in [3.8, 4) is 0 Å². The molecule has 15 heavy (non-hydrogen) atoms. The SMILES string of the molecule is CN1CCCC(N(C)C2CCCNC2)C1. The minimum Gasteiger partial charge on any atom is -0.315 e. The molecule has 2 rings (SSSR count). The standard InChI is InChI=1S/C12H25N3/c1-14-8-4-6-12(10-14)15(2)11-5-3-7-13-9-11/h11-13H,3-10H2,1-2H3. The van der Waals surface area contributed by atoms with E-state index in [9.17, 15) is 0 Å². The number of rotatable bonds is 2. The summed E-state index contributed by atoms with van der Waals surface area (Å²) in [5.74, 6) is 0. The van der Waals surface area contributed by atoms with Crippen LogP contribution in [-0.4, -0.2) is 62.2 Å². The van der Waals surface area contributed by atoms with E-state index in [1.807, 2.05) is 0 Å². The van der Waals surface area contributed by atoms with Crippen LogP contribution in [0.5, 0.6) is 0 Å². The van der Waals surface area contributed by atoms with Crippen molar-refractivity contribution in [3.05, 3.63) is 0 Å². The minimum atomic E-state index is 0.773. The van der Waals surface area contributed by atoms with Gasteiger partial charge in [0.2, 0.25) is 0 Å². The molecule has 3 nitrogen and oxygen atoms in total. The molecule has 2 aliphatic rings. The van der Waals surface area contributed by atoms with Crippen molar-refractivity contribution in [1.82, 2.24) is 15.1 Å². The summed E-state index contributed by atoms with van der Waals surface area (Å²) >= 11 is 0. The number of likely N-dealkylation sites (N-methyl/N-ethyl adjacent to an activating group) is 2. The lowest BCUT2D eigenvalue weighted by molar-refractivity contribution is 0.0868. The molecule has 0 bridgehead atoms. The normalized spacial score (nSPS) is 34.6. The zero-order chi connectivity index (χ0) is 10.7. The van der Waals surface area contributed by atoms with Gasteiger partial charge in [0.05, 0.1) is 0 Å². The molecule has 2 atom stereocenters. The van der Waals surface area contributed by atoms with Crippen molar-refractivity contribution in [2.75, 3.05) is 40.3 Å². The third-order valence-electron chi connectivity index (χ3n) is 4.02. The van der Waals surface area contributed by atoms with Crippen molar-refractivity contribution < 1.29 is 0 Å². The van der Waals surface area contributed by atoms with E-state index < -0.39 is 0 Å². The number of hydrogen-bond acceptors (Lipinski definition) is 3. The molecule has 1 N–H and O–H groups in total. The van der Waals surface area contributed by atoms with Crippen LogP contribution >= 0.6 is 0 Å². The zero-order valence-corrected chi connectivity index (χ0v) is 10.2. The van der Waals surface area contributed by atoms with Gasteiger partial charge in [-0.05, 0) is 52.9 Å². The Morgan fingerprint density at radius 1 is 1.20 bits per heavy atom. The van der Waals surface area contributed by atoms with Gasteiger partial charge in [-0.3, -0.25) is 4.90 Å². The van der Waals surface area contributed by atoms with Crippen molar-refractivity contribution >= 4 is 0 Å². The van der Waals surface area contributed by atoms with Crippen molar-refractivity contribution in [2.24, 2.45) is 0 Å². The Balaban J connectivity index is 1.85. The molecular weight excluding hydrogens is 186 g/mol. The fourth-order valence-corrected chi connectivity index (χ4v) is 2.95. The number of hydrogen-bond donors (Lipinski definition) is 1. The lowest BCUT2D eigenvalue weighted by atomic mass is 10.00. The van der Waals surface area contributed by atoms with Crippen LogP contribution in [0.2, 0.25) is 0 Å². The maximum absolute atomic E-state index is 3.51. The second-order valence-electron chi connectivity index (χ2n) is 5.22. The fourth-order valence-electron chi connectivity index (χ4n) is 2.95. The molecule has 2 unspecified atom stereocenters. The summed E-state index contributed by atoms with van der Waals surface area (Å²) < 4.78 is 0. The van der Waals surface area contributed by atoms with Crippen LogP contribution in [0.15, 0.2) is 0 Å². The number of piperidine rings is 2. The summed E-state index contributed by atoms with van der Waals surface area (Å²) in [7, 11) is 4.57. The van der Waals surface area contributed by atoms with E-state index >= 15 is 0 Å². The third-order valence-corrected chi connectivity index (χ3v) is 4.02. The Hall–Kier alpha value is -0.120. The zero-order valence-electron chi connectivity index (χ0n) is 10.2. The average molecular weight is 211 g/mol. The van der Waals surface area contributed by atoms with E-state index in [1.165, 1.54) is 51.9 Å². The minimum absolute atomic E-state index is 0.773. The quantitative estimate of drug-likeness (QED) is 0.728. The highest BCUT2D eigenvalue weighted by molar-refractivity contribution is 4.84. The molecule has 3 heteroatoms. The van der Waals surface area contributed by atoms with Crippen molar-refractivity contribution in [1.29, 1.82) is 0 Å². The monoisotopic (exact) mass is 211 g/mol. The van der Waals surface area contributed by atoms with E-state index in [0.717, 1.165) is 12.1 Å². The van der Waals surface area contributed by atoms with Gasteiger partial charge < -0.3 is 10.2 Å². The van der Waals surface area contributed by atoms with Gasteiger partial charge in [-0.1, -0.05) is 0 Å². The molecule has 0 amide bonds. The second kappa shape index (κ2) is 5.28. The van der Waals surface area contributed by atoms with Gasteiger partial charge in [-0.2, -0.15) is 0 Å². The van der Waals surface area contributed by atoms with Crippen LogP contribution < -0.4 is 5.32 Å². The molecule has 0 aromatic rings. The summed E-state index contributed by atoms with van der Waals surface area (Å²) in [4.78, 5) is 5.10. The van der Waals surface area contributed by atoms with Gasteiger partial charge in [0.25, 0.3) is 0 Å². The Morgan fingerprint density at radius 3 is 2.67 bits per heavy atom. The van der Waals surface area contributed by atoms with Crippen LogP contribution in [0.25, 0.3) is 0 Å². The molecule has 2 fully saturated rings. The first kappa shape index (κ1) is 11.4. The fraction of sp³-hybridized carbons (Fsp3) is 1.00. The predicted molar refractivity (Wildman–Crippen MR) is 64.2 cm³/mol. The van der Waals surface area contributed by atoms with E-state index in [2.05, 4.69) is 29.2 Å². The van der Waals surface area contributed by atoms with Crippen LogP contribution in [-0.2, 0) is 0 Å². The molecule has 88 valence electrons. The van der Waals surface area contributed by atoms with Gasteiger partial charge in [0, 0.05) is 25.2 Å². The molecule has 2 heterocycles. The van der Waals surface area contributed by atoms with E-state index in [-0.39, 0.29) is 0 Å². The third kappa shape index (κ3) is 2.92. The van der Waals surface area contributed by atoms with Crippen molar-refractivity contribution in [3.63, 3.8) is 0 Å². The number of likely N-dealkylation sites (tertiary alicyclic amines) is 1.